The molecule has 9 heteroatoms. The van der Waals surface area contributed by atoms with Crippen molar-refractivity contribution in [2.24, 2.45) is 0 Å². The number of anilines is 1. The number of hydrogen-bond donors (Lipinski definition) is 1. The largest absolute Gasteiger partial charge is 0.490 e. The van der Waals surface area contributed by atoms with Gasteiger partial charge in [0.05, 0.1) is 12.3 Å². The van der Waals surface area contributed by atoms with Crippen molar-refractivity contribution in [3.63, 3.8) is 0 Å². The van der Waals surface area contributed by atoms with E-state index in [2.05, 4.69) is 10.1 Å². The lowest BCUT2D eigenvalue weighted by atomic mass is 10.2. The fourth-order valence-corrected chi connectivity index (χ4v) is 2.05. The molecule has 0 unspecified atom stereocenters. The van der Waals surface area contributed by atoms with Gasteiger partial charge in [-0.3, -0.25) is 4.79 Å². The third kappa shape index (κ3) is 5.70. The number of ether oxygens (including phenoxy) is 2. The third-order valence-electron chi connectivity index (χ3n) is 3.18. The highest BCUT2D eigenvalue weighted by molar-refractivity contribution is 6.02. The number of carbonyl (C=O) groups excluding carboxylic acids is 1. The predicted octanol–water partition coefficient (Wildman–Crippen LogP) is 4.76. The summed E-state index contributed by atoms with van der Waals surface area (Å²) in [4.78, 5) is 11.8. The molecule has 1 amide bonds. The molecule has 2 aromatic carbocycles. The van der Waals surface area contributed by atoms with Gasteiger partial charge in [0.1, 0.15) is 5.82 Å². The number of rotatable bonds is 7. The van der Waals surface area contributed by atoms with Crippen LogP contribution in [0.15, 0.2) is 36.4 Å². The molecule has 1 N–H and O–H groups in total. The van der Waals surface area contributed by atoms with E-state index in [9.17, 15) is 26.7 Å². The topological polar surface area (TPSA) is 47.6 Å². The van der Waals surface area contributed by atoms with Crippen molar-refractivity contribution < 1.29 is 36.2 Å². The molecule has 2 rings (SSSR count). The molecule has 4 nitrogen and oxygen atoms in total. The van der Waals surface area contributed by atoms with Crippen LogP contribution in [-0.4, -0.2) is 19.1 Å². The van der Waals surface area contributed by atoms with Gasteiger partial charge in [0, 0.05) is 18.2 Å². The van der Waals surface area contributed by atoms with Crippen LogP contribution in [0.4, 0.5) is 27.6 Å². The summed E-state index contributed by atoms with van der Waals surface area (Å²) in [6.07, 6.45) is 2.29. The average molecular weight is 387 g/mol. The Balaban J connectivity index is 2.13. The van der Waals surface area contributed by atoms with Gasteiger partial charge >= 0.3 is 6.61 Å². The molecule has 0 saturated carbocycles. The van der Waals surface area contributed by atoms with Gasteiger partial charge in [-0.05, 0) is 30.7 Å². The predicted molar refractivity (Wildman–Crippen MR) is 88.2 cm³/mol. The summed E-state index contributed by atoms with van der Waals surface area (Å²) in [5, 5.41) is 2.06. The first-order valence-corrected chi connectivity index (χ1v) is 7.65. The van der Waals surface area contributed by atoms with Crippen LogP contribution in [-0.2, 0) is 4.79 Å². The van der Waals surface area contributed by atoms with E-state index in [-0.39, 0.29) is 18.1 Å². The second kappa shape index (κ2) is 9.02. The molecule has 0 aliphatic heterocycles. The Morgan fingerprint density at radius 1 is 1.07 bits per heavy atom. The molecule has 2 aromatic rings. The summed E-state index contributed by atoms with van der Waals surface area (Å²) in [5.74, 6) is -4.76. The van der Waals surface area contributed by atoms with Gasteiger partial charge in [-0.15, -0.1) is 0 Å². The maximum absolute atomic E-state index is 13.5. The summed E-state index contributed by atoms with van der Waals surface area (Å²) in [6.45, 7) is -1.18. The van der Waals surface area contributed by atoms with Crippen LogP contribution in [0.2, 0.25) is 0 Å². The zero-order valence-corrected chi connectivity index (χ0v) is 13.9. The van der Waals surface area contributed by atoms with Crippen molar-refractivity contribution in [3.05, 3.63) is 59.4 Å². The van der Waals surface area contributed by atoms with Crippen molar-refractivity contribution in [1.82, 2.24) is 0 Å². The molecule has 0 heterocycles. The molecule has 0 saturated heterocycles. The number of benzene rings is 2. The van der Waals surface area contributed by atoms with Crippen molar-refractivity contribution in [3.8, 4) is 11.5 Å². The van der Waals surface area contributed by atoms with Crippen molar-refractivity contribution in [2.45, 2.75) is 13.5 Å². The fourth-order valence-electron chi connectivity index (χ4n) is 2.05. The Hall–Kier alpha value is -3.10. The monoisotopic (exact) mass is 387 g/mol. The molecule has 0 spiro atoms. The van der Waals surface area contributed by atoms with Crippen LogP contribution >= 0.6 is 0 Å². The first-order chi connectivity index (χ1) is 12.8. The van der Waals surface area contributed by atoms with Crippen molar-refractivity contribution in [2.75, 3.05) is 11.9 Å². The van der Waals surface area contributed by atoms with Gasteiger partial charge in [-0.2, -0.15) is 8.78 Å². The minimum Gasteiger partial charge on any atom is -0.490 e. The van der Waals surface area contributed by atoms with Crippen LogP contribution in [0.5, 0.6) is 11.5 Å². The van der Waals surface area contributed by atoms with E-state index in [0.717, 1.165) is 6.08 Å². The summed E-state index contributed by atoms with van der Waals surface area (Å²) in [7, 11) is 0. The first kappa shape index (κ1) is 20.2. The molecule has 27 heavy (non-hydrogen) atoms. The van der Waals surface area contributed by atoms with E-state index in [1.165, 1.54) is 24.3 Å². The highest BCUT2D eigenvalue weighted by atomic mass is 19.3. The lowest BCUT2D eigenvalue weighted by Gasteiger charge is -2.11. The van der Waals surface area contributed by atoms with E-state index < -0.39 is 35.7 Å². The zero-order valence-electron chi connectivity index (χ0n) is 13.9. The summed E-state index contributed by atoms with van der Waals surface area (Å²) >= 11 is 0. The molecule has 0 bridgehead atoms. The van der Waals surface area contributed by atoms with Crippen LogP contribution in [0.3, 0.4) is 0 Å². The molecule has 0 fully saturated rings. The Labute approximate surface area is 151 Å². The Bertz CT molecular complexity index is 855. The Morgan fingerprint density at radius 3 is 2.44 bits per heavy atom. The number of amides is 1. The second-order valence-corrected chi connectivity index (χ2v) is 5.09. The molecule has 0 aliphatic rings. The first-order valence-electron chi connectivity index (χ1n) is 7.65. The highest BCUT2D eigenvalue weighted by Gasteiger charge is 2.12. The average Bonchev–Trinajstić information content (AvgIpc) is 2.59. The minimum absolute atomic E-state index is 0.0482. The maximum atomic E-state index is 13.5. The minimum atomic E-state index is -3.03. The molecular formula is C18H14F5NO3. The molecule has 0 aliphatic carbocycles. The summed E-state index contributed by atoms with van der Waals surface area (Å²) in [5.41, 5.74) is -0.125. The van der Waals surface area contributed by atoms with Gasteiger partial charge in [-0.25, -0.2) is 13.2 Å². The molecule has 0 radical (unpaired) electrons. The standard InChI is InChI=1S/C18H14F5NO3/c1-2-26-16-7-10(3-5-15(16)27-18(22)23)4-6-17(25)24-14-9-12(20)11(19)8-13(14)21/h3-9,18H,2H2,1H3,(H,24,25). The van der Waals surface area contributed by atoms with E-state index in [4.69, 9.17) is 4.74 Å². The zero-order chi connectivity index (χ0) is 20.0. The third-order valence-corrected chi connectivity index (χ3v) is 3.18. The maximum Gasteiger partial charge on any atom is 0.387 e. The molecule has 0 atom stereocenters. The lowest BCUT2D eigenvalue weighted by Crippen LogP contribution is -2.10. The molecular weight excluding hydrogens is 373 g/mol. The Kier molecular flexibility index (Phi) is 6.75. The molecule has 0 aromatic heterocycles. The smallest absolute Gasteiger partial charge is 0.387 e. The summed E-state index contributed by atoms with van der Waals surface area (Å²) in [6, 6.07) is 4.82. The second-order valence-electron chi connectivity index (χ2n) is 5.09. The van der Waals surface area contributed by atoms with Gasteiger partial charge in [0.2, 0.25) is 5.91 Å². The van der Waals surface area contributed by atoms with Gasteiger partial charge in [0.25, 0.3) is 0 Å². The fraction of sp³-hybridized carbons (Fsp3) is 0.167. The number of nitrogens with one attached hydrogen (secondary N) is 1. The number of halogens is 5. The van der Waals surface area contributed by atoms with Crippen LogP contribution < -0.4 is 14.8 Å². The van der Waals surface area contributed by atoms with E-state index in [0.29, 0.717) is 17.7 Å². The van der Waals surface area contributed by atoms with Crippen molar-refractivity contribution >= 4 is 17.7 Å². The number of hydrogen-bond acceptors (Lipinski definition) is 3. The van der Waals surface area contributed by atoms with Crippen molar-refractivity contribution in [1.29, 1.82) is 0 Å². The summed E-state index contributed by atoms with van der Waals surface area (Å²) < 4.78 is 73.7. The normalized spacial score (nSPS) is 11.1. The molecule has 144 valence electrons. The Morgan fingerprint density at radius 2 is 1.78 bits per heavy atom. The van der Waals surface area contributed by atoms with Crippen LogP contribution in [0.1, 0.15) is 12.5 Å². The van der Waals surface area contributed by atoms with E-state index in [1.807, 2.05) is 0 Å². The number of alkyl halides is 2. The van der Waals surface area contributed by atoms with Gasteiger partial charge in [0.15, 0.2) is 23.1 Å². The van der Waals surface area contributed by atoms with E-state index in [1.54, 1.807) is 6.92 Å². The quantitative estimate of drug-likeness (QED) is 0.424. The van der Waals surface area contributed by atoms with E-state index >= 15 is 0 Å². The lowest BCUT2D eigenvalue weighted by molar-refractivity contribution is -0.111. The van der Waals surface area contributed by atoms with Gasteiger partial charge < -0.3 is 14.8 Å². The SMILES string of the molecule is CCOc1cc(C=CC(=O)Nc2cc(F)c(F)cc2F)ccc1OC(F)F. The van der Waals surface area contributed by atoms with Crippen LogP contribution in [0, 0.1) is 17.5 Å². The highest BCUT2D eigenvalue weighted by Crippen LogP contribution is 2.30. The van der Waals surface area contributed by atoms with Gasteiger partial charge in [-0.1, -0.05) is 6.07 Å². The number of carbonyl (C=O) groups is 1. The van der Waals surface area contributed by atoms with Crippen LogP contribution in [0.25, 0.3) is 6.08 Å².